The van der Waals surface area contributed by atoms with Crippen LogP contribution in [-0.4, -0.2) is 102 Å². The van der Waals surface area contributed by atoms with Crippen molar-refractivity contribution in [2.45, 2.75) is 270 Å². The van der Waals surface area contributed by atoms with E-state index in [0.717, 1.165) is 83.5 Å². The molecule has 0 aliphatic carbocycles. The molecule has 402 valence electrons. The molecule has 0 aromatic carbocycles. The number of unbranched alkanes of at least 4 members (excludes halogenated alkanes) is 24. The third-order valence-electron chi connectivity index (χ3n) is 12.6. The van der Waals surface area contributed by atoms with Crippen LogP contribution in [0.25, 0.3) is 0 Å². The van der Waals surface area contributed by atoms with Gasteiger partial charge in [0.25, 0.3) is 35.8 Å². The van der Waals surface area contributed by atoms with Gasteiger partial charge in [0.2, 0.25) is 17.7 Å². The molecule has 0 aromatic rings. The highest BCUT2D eigenvalue weighted by Crippen LogP contribution is 2.17. The zero-order valence-electron chi connectivity index (χ0n) is 43.5. The van der Waals surface area contributed by atoms with Crippen molar-refractivity contribution >= 4 is 83.8 Å². The third kappa shape index (κ3) is 32.2. The van der Waals surface area contributed by atoms with Crippen LogP contribution < -0.4 is 16.0 Å². The van der Waals surface area contributed by atoms with Crippen molar-refractivity contribution in [1.82, 2.24) is 16.0 Å². The van der Waals surface area contributed by atoms with Crippen LogP contribution in [0.2, 0.25) is 0 Å². The van der Waals surface area contributed by atoms with Crippen LogP contribution in [0.1, 0.15) is 252 Å². The Morgan fingerprint density at radius 1 is 0.465 bits per heavy atom. The van der Waals surface area contributed by atoms with Crippen molar-refractivity contribution in [2.24, 2.45) is 0 Å². The fraction of sp³-hybridized carbons (Fsp3) is 0.824. The molecular weight excluding hydrogens is 949 g/mol. The lowest BCUT2D eigenvalue weighted by atomic mass is 10.1. The van der Waals surface area contributed by atoms with E-state index in [2.05, 4.69) is 36.7 Å². The Morgan fingerprint density at radius 3 is 1.18 bits per heavy atom. The summed E-state index contributed by atoms with van der Waals surface area (Å²) < 4.78 is 31.8. The third-order valence-corrected chi connectivity index (χ3v) is 15.3. The predicted molar refractivity (Wildman–Crippen MR) is 267 cm³/mol. The van der Waals surface area contributed by atoms with Gasteiger partial charge in [-0.1, -0.05) is 175 Å². The van der Waals surface area contributed by atoms with E-state index >= 15 is 0 Å². The van der Waals surface area contributed by atoms with E-state index in [1.807, 2.05) is 0 Å². The van der Waals surface area contributed by atoms with Crippen molar-refractivity contribution in [3.8, 4) is 0 Å². The van der Waals surface area contributed by atoms with Gasteiger partial charge in [-0.15, -0.1) is 0 Å². The molecule has 0 saturated carbocycles. The Bertz CT molecular complexity index is 1600. The second-order valence-corrected chi connectivity index (χ2v) is 21.6. The average molecular weight is 1040 g/mol. The van der Waals surface area contributed by atoms with E-state index < -0.39 is 103 Å². The first-order chi connectivity index (χ1) is 34.3. The Balaban J connectivity index is 1.99. The summed E-state index contributed by atoms with van der Waals surface area (Å²) in [6, 6.07) is -3.84. The van der Waals surface area contributed by atoms with Crippen molar-refractivity contribution in [2.75, 3.05) is 0 Å². The number of amides is 3. The van der Waals surface area contributed by atoms with E-state index in [-0.39, 0.29) is 56.8 Å². The molecule has 18 nitrogen and oxygen atoms in total. The molecule has 20 heteroatoms. The maximum atomic E-state index is 13.7. The average Bonchev–Trinajstić information content (AvgIpc) is 3.32. The lowest BCUT2D eigenvalue weighted by molar-refractivity contribution is -0.154. The highest BCUT2D eigenvalue weighted by Gasteiger charge is 2.53. The first-order valence-corrected chi connectivity index (χ1v) is 30.3. The topological polar surface area (TPSA) is 245 Å². The Kier molecular flexibility index (Phi) is 36.4. The molecule has 0 unspecified atom stereocenters. The van der Waals surface area contributed by atoms with E-state index in [0.29, 0.717) is 19.3 Å². The summed E-state index contributed by atoms with van der Waals surface area (Å²) in [5, 5.41) is 7.83. The number of hydrogen-bond donors (Lipinski definition) is 3. The van der Waals surface area contributed by atoms with E-state index in [9.17, 15) is 43.2 Å². The van der Waals surface area contributed by atoms with Gasteiger partial charge >= 0.3 is 30.3 Å². The second kappa shape index (κ2) is 40.7. The van der Waals surface area contributed by atoms with E-state index in [4.69, 9.17) is 22.7 Å². The molecule has 0 radical (unpaired) electrons. The van der Waals surface area contributed by atoms with Gasteiger partial charge in [-0.25, -0.2) is 0 Å². The Hall–Kier alpha value is -3.71. The van der Waals surface area contributed by atoms with Crippen molar-refractivity contribution in [3.05, 3.63) is 0 Å². The smallest absolute Gasteiger partial charge is 0.551 e. The summed E-state index contributed by atoms with van der Waals surface area (Å²) in [5.74, 6) is -6.90. The zero-order valence-corrected chi connectivity index (χ0v) is 45.8. The van der Waals surface area contributed by atoms with Crippen LogP contribution in [0, 0.1) is 0 Å². The molecule has 3 amide bonds. The summed E-state index contributed by atoms with van der Waals surface area (Å²) in [7, 11) is 0. The maximum Gasteiger partial charge on any atom is 1.20 e. The molecule has 2 aliphatic heterocycles. The quantitative estimate of drug-likeness (QED) is 0.0385. The highest BCUT2D eigenvalue weighted by molar-refractivity contribution is 6.45. The van der Waals surface area contributed by atoms with Crippen molar-refractivity contribution in [3.63, 3.8) is 0 Å². The van der Waals surface area contributed by atoms with Crippen LogP contribution in [-0.2, 0) is 65.9 Å². The minimum atomic E-state index is -3.89. The van der Waals surface area contributed by atoms with Gasteiger partial charge in [0, 0.05) is 38.5 Å². The first-order valence-electron chi connectivity index (χ1n) is 27.4. The number of carbonyl (C=O) groups is 9. The van der Waals surface area contributed by atoms with Gasteiger partial charge in [-0.2, -0.15) is 0 Å². The fourth-order valence-electron chi connectivity index (χ4n) is 8.30. The normalized spacial score (nSPS) is 16.7. The molecule has 2 heterocycles. The molecule has 3 N–H and O–H groups in total. The fourth-order valence-corrected chi connectivity index (χ4v) is 10.6. The number of rotatable bonds is 39. The SMILES string of the molecule is CCCCCCCCCCCC(=O)N[C@@H](CCC(=O)[O][Al]1[O]C(=O)CC[C@@H](NC(=O)CCCCCCCCCCC)C(=O)[O]1)C(=O)[O][Al]1[O]C(=O)CC[C@@H](NC(=O)CCCCCCCCCCC)C(=O)[O]1. The monoisotopic (exact) mass is 1040 g/mol. The van der Waals surface area contributed by atoms with E-state index in [1.165, 1.54) is 70.6 Å². The van der Waals surface area contributed by atoms with E-state index in [1.54, 1.807) is 0 Å². The van der Waals surface area contributed by atoms with Crippen LogP contribution in [0.3, 0.4) is 0 Å². The molecule has 0 bridgehead atoms. The van der Waals surface area contributed by atoms with Crippen molar-refractivity contribution < 1.29 is 65.9 Å². The zero-order chi connectivity index (χ0) is 51.9. The van der Waals surface area contributed by atoms with Crippen LogP contribution >= 0.6 is 0 Å². The maximum absolute atomic E-state index is 13.7. The summed E-state index contributed by atoms with van der Waals surface area (Å²) in [5.41, 5.74) is 0. The highest BCUT2D eigenvalue weighted by atomic mass is 27.3. The number of nitrogens with one attached hydrogen (secondary N) is 3. The minimum absolute atomic E-state index is 0.0626. The van der Waals surface area contributed by atoms with Crippen LogP contribution in [0.15, 0.2) is 0 Å². The lowest BCUT2D eigenvalue weighted by Crippen LogP contribution is -2.50. The second-order valence-electron chi connectivity index (χ2n) is 19.1. The number of hydrogen-bond acceptors (Lipinski definition) is 15. The largest absolute Gasteiger partial charge is 1.20 e. The summed E-state index contributed by atoms with van der Waals surface area (Å²) >= 11 is -7.68. The Morgan fingerprint density at radius 2 is 0.803 bits per heavy atom. The molecule has 0 aromatic heterocycles. The molecule has 2 fully saturated rings. The molecule has 71 heavy (non-hydrogen) atoms. The van der Waals surface area contributed by atoms with Crippen LogP contribution in [0.4, 0.5) is 0 Å². The van der Waals surface area contributed by atoms with Gasteiger partial charge in [0.15, 0.2) is 0 Å². The lowest BCUT2D eigenvalue weighted by Gasteiger charge is -2.24. The number of carbonyl (C=O) groups excluding carboxylic acids is 9. The molecule has 3 atom stereocenters. The predicted octanol–water partition coefficient (Wildman–Crippen LogP) is 8.80. The molecule has 2 rings (SSSR count). The first kappa shape index (κ1) is 63.4. The van der Waals surface area contributed by atoms with Gasteiger partial charge in [-0.05, 0) is 38.5 Å². The summed E-state index contributed by atoms with van der Waals surface area (Å²) in [4.78, 5) is 117. The summed E-state index contributed by atoms with van der Waals surface area (Å²) in [6.07, 6.45) is 27.3. The molecule has 2 aliphatic rings. The van der Waals surface area contributed by atoms with Gasteiger partial charge < -0.3 is 38.7 Å². The van der Waals surface area contributed by atoms with Gasteiger partial charge in [-0.3, -0.25) is 43.2 Å². The van der Waals surface area contributed by atoms with Gasteiger partial charge in [0.05, 0.1) is 0 Å². The minimum Gasteiger partial charge on any atom is -0.551 e. The summed E-state index contributed by atoms with van der Waals surface area (Å²) in [6.45, 7) is 6.52. The van der Waals surface area contributed by atoms with Crippen molar-refractivity contribution in [1.29, 1.82) is 0 Å². The molecular formula is C51H87Al2N3O15. The standard InChI is InChI=1S/3C17H31NO5.2Al/c3*1-2-3-4-5-6-7-8-9-10-11-15(19)18-14(17(22)23)12-13-16(20)21;;/h3*14H,2-13H2,1H3,(H,18,19)(H,20,21)(H,22,23);;/q;;;2*+3/p-6/t3*14-;;/m110../s1. The van der Waals surface area contributed by atoms with Crippen LogP contribution in [0.5, 0.6) is 0 Å². The Labute approximate surface area is 433 Å². The van der Waals surface area contributed by atoms with Gasteiger partial charge in [0.1, 0.15) is 18.1 Å². The molecule has 2 saturated heterocycles. The molecule has 0 spiro atoms.